The molecule has 0 unspecified atom stereocenters. The van der Waals surface area contributed by atoms with Crippen molar-refractivity contribution < 1.29 is 0 Å². The van der Waals surface area contributed by atoms with Crippen LogP contribution in [0.2, 0.25) is 0 Å². The first kappa shape index (κ1) is 9.22. The van der Waals surface area contributed by atoms with Gasteiger partial charge in [-0.1, -0.05) is 11.6 Å². The molecule has 2 aliphatic heterocycles. The monoisotopic (exact) mass is 180 g/mol. The molecule has 1 fully saturated rings. The Hall–Kier alpha value is -0.340. The van der Waals surface area contributed by atoms with Crippen molar-refractivity contribution in [1.82, 2.24) is 10.2 Å². The minimum atomic E-state index is 0.965. The first-order chi connectivity index (χ1) is 6.34. The SMILES string of the molecule is CC1=CCN(CCC2CNC2)CC1. The van der Waals surface area contributed by atoms with Crippen LogP contribution in [0, 0.1) is 5.92 Å². The van der Waals surface area contributed by atoms with Crippen LogP contribution in [0.3, 0.4) is 0 Å². The summed E-state index contributed by atoms with van der Waals surface area (Å²) in [5.74, 6) is 0.965. The molecule has 0 aromatic heterocycles. The Balaban J connectivity index is 1.64. The molecular weight excluding hydrogens is 160 g/mol. The number of hydrogen-bond donors (Lipinski definition) is 1. The van der Waals surface area contributed by atoms with E-state index < -0.39 is 0 Å². The molecule has 2 heterocycles. The molecule has 0 radical (unpaired) electrons. The van der Waals surface area contributed by atoms with Crippen molar-refractivity contribution in [3.05, 3.63) is 11.6 Å². The van der Waals surface area contributed by atoms with Gasteiger partial charge in [0.05, 0.1) is 0 Å². The van der Waals surface area contributed by atoms with E-state index in [1.54, 1.807) is 5.57 Å². The van der Waals surface area contributed by atoms with Gasteiger partial charge in [-0.25, -0.2) is 0 Å². The van der Waals surface area contributed by atoms with Crippen LogP contribution in [-0.4, -0.2) is 37.6 Å². The highest BCUT2D eigenvalue weighted by atomic mass is 15.1. The van der Waals surface area contributed by atoms with Gasteiger partial charge in [0.1, 0.15) is 0 Å². The van der Waals surface area contributed by atoms with Crippen molar-refractivity contribution in [3.8, 4) is 0 Å². The maximum absolute atomic E-state index is 3.33. The smallest absolute Gasteiger partial charge is 0.0165 e. The van der Waals surface area contributed by atoms with E-state index in [9.17, 15) is 0 Å². The van der Waals surface area contributed by atoms with Crippen molar-refractivity contribution in [3.63, 3.8) is 0 Å². The average Bonchev–Trinajstić information content (AvgIpc) is 2.05. The first-order valence-electron chi connectivity index (χ1n) is 5.43. The summed E-state index contributed by atoms with van der Waals surface area (Å²) >= 11 is 0. The zero-order chi connectivity index (χ0) is 9.10. The van der Waals surface area contributed by atoms with E-state index in [1.807, 2.05) is 0 Å². The van der Waals surface area contributed by atoms with Gasteiger partial charge in [-0.15, -0.1) is 0 Å². The van der Waals surface area contributed by atoms with Crippen molar-refractivity contribution >= 4 is 0 Å². The second-order valence-corrected chi connectivity index (χ2v) is 4.41. The molecule has 0 amide bonds. The molecule has 0 aromatic rings. The zero-order valence-corrected chi connectivity index (χ0v) is 8.55. The average molecular weight is 180 g/mol. The van der Waals surface area contributed by atoms with E-state index in [2.05, 4.69) is 23.2 Å². The van der Waals surface area contributed by atoms with Crippen LogP contribution in [0.25, 0.3) is 0 Å². The Morgan fingerprint density at radius 1 is 1.54 bits per heavy atom. The Labute approximate surface area is 81.0 Å². The molecule has 0 aliphatic carbocycles. The van der Waals surface area contributed by atoms with Crippen LogP contribution in [-0.2, 0) is 0 Å². The fourth-order valence-electron chi connectivity index (χ4n) is 1.93. The number of hydrogen-bond acceptors (Lipinski definition) is 2. The fraction of sp³-hybridized carbons (Fsp3) is 0.818. The first-order valence-corrected chi connectivity index (χ1v) is 5.43. The number of nitrogens with one attached hydrogen (secondary N) is 1. The van der Waals surface area contributed by atoms with Crippen molar-refractivity contribution in [2.45, 2.75) is 19.8 Å². The summed E-state index contributed by atoms with van der Waals surface area (Å²) in [4.78, 5) is 2.57. The molecule has 2 aliphatic rings. The molecule has 2 heteroatoms. The van der Waals surface area contributed by atoms with Gasteiger partial charge in [-0.3, -0.25) is 4.90 Å². The Kier molecular flexibility index (Phi) is 3.01. The summed E-state index contributed by atoms with van der Waals surface area (Å²) in [5.41, 5.74) is 1.57. The molecule has 13 heavy (non-hydrogen) atoms. The van der Waals surface area contributed by atoms with Gasteiger partial charge in [-0.05, 0) is 45.3 Å². The number of rotatable bonds is 3. The molecule has 2 rings (SSSR count). The molecule has 0 bridgehead atoms. The standard InChI is InChI=1S/C11H20N2/c1-10-2-5-13(6-3-10)7-4-11-8-12-9-11/h2,11-12H,3-9H2,1H3. The minimum Gasteiger partial charge on any atom is -0.316 e. The summed E-state index contributed by atoms with van der Waals surface area (Å²) in [7, 11) is 0. The van der Waals surface area contributed by atoms with Gasteiger partial charge in [0, 0.05) is 13.1 Å². The lowest BCUT2D eigenvalue weighted by molar-refractivity contribution is 0.237. The summed E-state index contributed by atoms with van der Waals surface area (Å²) in [6, 6.07) is 0. The van der Waals surface area contributed by atoms with E-state index in [-0.39, 0.29) is 0 Å². The zero-order valence-electron chi connectivity index (χ0n) is 8.55. The normalized spacial score (nSPS) is 25.5. The molecular formula is C11H20N2. The van der Waals surface area contributed by atoms with E-state index in [0.29, 0.717) is 0 Å². The quantitative estimate of drug-likeness (QED) is 0.658. The van der Waals surface area contributed by atoms with Crippen LogP contribution in [0.4, 0.5) is 0 Å². The lowest BCUT2D eigenvalue weighted by Crippen LogP contribution is -2.44. The summed E-state index contributed by atoms with van der Waals surface area (Å²) < 4.78 is 0. The largest absolute Gasteiger partial charge is 0.316 e. The summed E-state index contributed by atoms with van der Waals surface area (Å²) in [6.07, 6.45) is 5.05. The van der Waals surface area contributed by atoms with Crippen LogP contribution in [0.15, 0.2) is 11.6 Å². The Morgan fingerprint density at radius 3 is 2.92 bits per heavy atom. The maximum Gasteiger partial charge on any atom is 0.0165 e. The second kappa shape index (κ2) is 4.25. The third kappa shape index (κ3) is 2.55. The lowest BCUT2D eigenvalue weighted by atomic mass is 9.99. The maximum atomic E-state index is 3.33. The Morgan fingerprint density at radius 2 is 2.38 bits per heavy atom. The van der Waals surface area contributed by atoms with E-state index in [1.165, 1.54) is 45.6 Å². The summed E-state index contributed by atoms with van der Waals surface area (Å²) in [5, 5.41) is 3.33. The van der Waals surface area contributed by atoms with Crippen molar-refractivity contribution in [2.24, 2.45) is 5.92 Å². The summed E-state index contributed by atoms with van der Waals surface area (Å²) in [6.45, 7) is 8.52. The molecule has 74 valence electrons. The van der Waals surface area contributed by atoms with E-state index in [4.69, 9.17) is 0 Å². The third-order valence-electron chi connectivity index (χ3n) is 3.24. The van der Waals surface area contributed by atoms with Gasteiger partial charge in [-0.2, -0.15) is 0 Å². The van der Waals surface area contributed by atoms with Gasteiger partial charge < -0.3 is 5.32 Å². The molecule has 0 spiro atoms. The van der Waals surface area contributed by atoms with Crippen LogP contribution < -0.4 is 5.32 Å². The topological polar surface area (TPSA) is 15.3 Å². The molecule has 0 aromatic carbocycles. The van der Waals surface area contributed by atoms with Crippen molar-refractivity contribution in [2.75, 3.05) is 32.7 Å². The molecule has 1 N–H and O–H groups in total. The molecule has 0 atom stereocenters. The van der Waals surface area contributed by atoms with E-state index >= 15 is 0 Å². The highest BCUT2D eigenvalue weighted by molar-refractivity contribution is 5.03. The van der Waals surface area contributed by atoms with Gasteiger partial charge in [0.25, 0.3) is 0 Å². The van der Waals surface area contributed by atoms with Crippen LogP contribution in [0.5, 0.6) is 0 Å². The third-order valence-corrected chi connectivity index (χ3v) is 3.24. The number of nitrogens with zero attached hydrogens (tertiary/aromatic N) is 1. The second-order valence-electron chi connectivity index (χ2n) is 4.41. The molecule has 1 saturated heterocycles. The highest BCUT2D eigenvalue weighted by Crippen LogP contribution is 2.13. The van der Waals surface area contributed by atoms with Gasteiger partial charge >= 0.3 is 0 Å². The minimum absolute atomic E-state index is 0.965. The van der Waals surface area contributed by atoms with Gasteiger partial charge in [0.15, 0.2) is 0 Å². The predicted molar refractivity (Wildman–Crippen MR) is 55.8 cm³/mol. The lowest BCUT2D eigenvalue weighted by Gasteiger charge is -2.31. The Bertz CT molecular complexity index is 194. The highest BCUT2D eigenvalue weighted by Gasteiger charge is 2.18. The van der Waals surface area contributed by atoms with E-state index in [0.717, 1.165) is 5.92 Å². The predicted octanol–water partition coefficient (Wildman–Crippen LogP) is 1.25. The van der Waals surface area contributed by atoms with Crippen molar-refractivity contribution in [1.29, 1.82) is 0 Å². The van der Waals surface area contributed by atoms with Crippen LogP contribution in [0.1, 0.15) is 19.8 Å². The van der Waals surface area contributed by atoms with Crippen LogP contribution >= 0.6 is 0 Å². The molecule has 2 nitrogen and oxygen atoms in total. The fourth-order valence-corrected chi connectivity index (χ4v) is 1.93. The molecule has 0 saturated carbocycles. The van der Waals surface area contributed by atoms with Gasteiger partial charge in [0.2, 0.25) is 0 Å².